The van der Waals surface area contributed by atoms with Gasteiger partial charge in [0.15, 0.2) is 12.4 Å². The van der Waals surface area contributed by atoms with Gasteiger partial charge in [-0.2, -0.15) is 0 Å². The highest BCUT2D eigenvalue weighted by Gasteiger charge is 2.31. The third kappa shape index (κ3) is 4.42. The van der Waals surface area contributed by atoms with Crippen molar-refractivity contribution in [3.05, 3.63) is 47.4 Å². The molecule has 1 aromatic carbocycles. The van der Waals surface area contributed by atoms with E-state index < -0.39 is 0 Å². The Hall–Kier alpha value is -3.29. The van der Waals surface area contributed by atoms with Crippen LogP contribution < -0.4 is 9.64 Å². The molecule has 0 radical (unpaired) electrons. The fourth-order valence-corrected chi connectivity index (χ4v) is 3.95. The summed E-state index contributed by atoms with van der Waals surface area (Å²) in [5.41, 5.74) is 1.71. The fourth-order valence-electron chi connectivity index (χ4n) is 3.95. The van der Waals surface area contributed by atoms with Gasteiger partial charge in [-0.15, -0.1) is 0 Å². The van der Waals surface area contributed by atoms with Crippen molar-refractivity contribution in [2.45, 2.75) is 33.2 Å². The van der Waals surface area contributed by atoms with E-state index in [0.29, 0.717) is 49.7 Å². The summed E-state index contributed by atoms with van der Waals surface area (Å²) < 4.78 is 16.4. The van der Waals surface area contributed by atoms with E-state index in [4.69, 9.17) is 13.9 Å². The van der Waals surface area contributed by atoms with Crippen molar-refractivity contribution in [1.82, 2.24) is 4.90 Å². The molecule has 8 heteroatoms. The number of rotatable bonds is 5. The molecule has 0 unspecified atom stereocenters. The summed E-state index contributed by atoms with van der Waals surface area (Å²) in [5.74, 6) is 0.675. The molecule has 2 aliphatic rings. The summed E-state index contributed by atoms with van der Waals surface area (Å²) in [6.45, 7) is 5.25. The Morgan fingerprint density at radius 2 is 1.94 bits per heavy atom. The lowest BCUT2D eigenvalue weighted by atomic mass is 9.97. The Morgan fingerprint density at radius 1 is 1.16 bits per heavy atom. The van der Waals surface area contributed by atoms with Gasteiger partial charge in [0.1, 0.15) is 11.5 Å². The van der Waals surface area contributed by atoms with Crippen LogP contribution in [0.2, 0.25) is 0 Å². The Kier molecular flexibility index (Phi) is 5.97. The number of hydrogen-bond donors (Lipinski definition) is 0. The minimum absolute atomic E-state index is 0.0298. The van der Waals surface area contributed by atoms with E-state index in [1.165, 1.54) is 0 Å². The summed E-state index contributed by atoms with van der Waals surface area (Å²) in [4.78, 5) is 40.5. The number of ether oxygens (including phenoxy) is 2. The number of aryl methyl sites for hydroxylation is 1. The second-order valence-electron chi connectivity index (χ2n) is 7.82. The first-order valence-corrected chi connectivity index (χ1v) is 10.5. The second-order valence-corrected chi connectivity index (χ2v) is 7.82. The molecular weight excluding hydrogens is 400 g/mol. The Morgan fingerprint density at radius 3 is 2.68 bits per heavy atom. The molecule has 1 saturated heterocycles. The predicted molar refractivity (Wildman–Crippen MR) is 112 cm³/mol. The van der Waals surface area contributed by atoms with Crippen LogP contribution in [0.3, 0.4) is 0 Å². The van der Waals surface area contributed by atoms with E-state index in [1.54, 1.807) is 28.9 Å². The van der Waals surface area contributed by atoms with E-state index in [2.05, 4.69) is 0 Å². The Balaban J connectivity index is 1.41. The molecule has 3 heterocycles. The number of carbonyl (C=O) groups is 3. The van der Waals surface area contributed by atoms with Crippen LogP contribution in [0.4, 0.5) is 5.69 Å². The first-order chi connectivity index (χ1) is 15.0. The summed E-state index contributed by atoms with van der Waals surface area (Å²) in [6, 6.07) is 9.03. The number of nitrogens with zero attached hydrogens (tertiary/aromatic N) is 2. The van der Waals surface area contributed by atoms with Crippen LogP contribution >= 0.6 is 0 Å². The highest BCUT2D eigenvalue weighted by molar-refractivity contribution is 5.98. The molecule has 31 heavy (non-hydrogen) atoms. The van der Waals surface area contributed by atoms with Gasteiger partial charge < -0.3 is 18.8 Å². The zero-order valence-electron chi connectivity index (χ0n) is 17.8. The summed E-state index contributed by atoms with van der Waals surface area (Å²) in [6.07, 6.45) is 1.16. The highest BCUT2D eigenvalue weighted by atomic mass is 16.5. The number of fused-ring (bicyclic) bond motifs is 1. The first-order valence-electron chi connectivity index (χ1n) is 10.5. The van der Waals surface area contributed by atoms with Gasteiger partial charge >= 0.3 is 5.97 Å². The van der Waals surface area contributed by atoms with Gasteiger partial charge in [-0.3, -0.25) is 19.3 Å². The average molecular weight is 426 g/mol. The molecule has 1 aromatic heterocycles. The summed E-state index contributed by atoms with van der Waals surface area (Å²) in [5, 5.41) is 0. The molecule has 164 valence electrons. The van der Waals surface area contributed by atoms with Crippen LogP contribution in [0.1, 0.15) is 41.6 Å². The molecule has 2 aromatic rings. The minimum Gasteiger partial charge on any atom is -0.482 e. The quantitative estimate of drug-likeness (QED) is 0.683. The van der Waals surface area contributed by atoms with Crippen LogP contribution in [-0.4, -0.2) is 49.0 Å². The van der Waals surface area contributed by atoms with Crippen molar-refractivity contribution in [3.8, 4) is 5.75 Å². The standard InChI is InChI=1S/C23H26N2O6/c1-3-29-23(28)16-8-10-24(11-9-16)22(27)20-7-5-17(31-20)13-25-18-12-15(2)4-6-19(18)30-14-21(25)26/h4-7,12,16H,3,8-11,13-14H2,1-2H3. The molecule has 0 spiro atoms. The lowest BCUT2D eigenvalue weighted by Gasteiger charge is -2.30. The van der Waals surface area contributed by atoms with Crippen molar-refractivity contribution in [2.75, 3.05) is 31.2 Å². The molecule has 0 saturated carbocycles. The molecule has 0 bridgehead atoms. The molecule has 0 N–H and O–H groups in total. The third-order valence-electron chi connectivity index (χ3n) is 5.65. The maximum absolute atomic E-state index is 12.8. The highest BCUT2D eigenvalue weighted by Crippen LogP contribution is 2.34. The van der Waals surface area contributed by atoms with E-state index in [1.807, 2.05) is 25.1 Å². The van der Waals surface area contributed by atoms with Crippen molar-refractivity contribution >= 4 is 23.5 Å². The van der Waals surface area contributed by atoms with Gasteiger partial charge in [0.2, 0.25) is 0 Å². The van der Waals surface area contributed by atoms with Gasteiger partial charge in [0.05, 0.1) is 24.8 Å². The lowest BCUT2D eigenvalue weighted by Crippen LogP contribution is -2.40. The monoisotopic (exact) mass is 426 g/mol. The van der Waals surface area contributed by atoms with Crippen LogP contribution in [0, 0.1) is 12.8 Å². The van der Waals surface area contributed by atoms with Gasteiger partial charge in [0.25, 0.3) is 11.8 Å². The fraction of sp³-hybridized carbons (Fsp3) is 0.435. The maximum Gasteiger partial charge on any atom is 0.309 e. The number of likely N-dealkylation sites (tertiary alicyclic amines) is 1. The molecule has 0 atom stereocenters. The molecule has 0 aliphatic carbocycles. The van der Waals surface area contributed by atoms with Crippen molar-refractivity contribution in [3.63, 3.8) is 0 Å². The molecule has 2 aliphatic heterocycles. The number of hydrogen-bond acceptors (Lipinski definition) is 6. The minimum atomic E-state index is -0.210. The zero-order valence-corrected chi connectivity index (χ0v) is 17.8. The average Bonchev–Trinajstić information content (AvgIpc) is 3.24. The number of benzene rings is 1. The molecule has 4 rings (SSSR count). The second kappa shape index (κ2) is 8.83. The van der Waals surface area contributed by atoms with Crippen LogP contribution in [0.15, 0.2) is 34.7 Å². The molecular formula is C23H26N2O6. The van der Waals surface area contributed by atoms with Gasteiger partial charge in [-0.1, -0.05) is 6.07 Å². The number of piperidine rings is 1. The Bertz CT molecular complexity index is 990. The van der Waals surface area contributed by atoms with Gasteiger partial charge in [-0.05, 0) is 56.5 Å². The van der Waals surface area contributed by atoms with E-state index in [0.717, 1.165) is 5.56 Å². The van der Waals surface area contributed by atoms with E-state index >= 15 is 0 Å². The Labute approximate surface area is 180 Å². The van der Waals surface area contributed by atoms with E-state index in [-0.39, 0.29) is 42.6 Å². The summed E-state index contributed by atoms with van der Waals surface area (Å²) >= 11 is 0. The molecule has 8 nitrogen and oxygen atoms in total. The van der Waals surface area contributed by atoms with Crippen LogP contribution in [-0.2, 0) is 20.9 Å². The van der Waals surface area contributed by atoms with Crippen LogP contribution in [0.5, 0.6) is 5.75 Å². The largest absolute Gasteiger partial charge is 0.482 e. The number of carbonyl (C=O) groups excluding carboxylic acids is 3. The van der Waals surface area contributed by atoms with Gasteiger partial charge in [-0.25, -0.2) is 0 Å². The van der Waals surface area contributed by atoms with Crippen molar-refractivity contribution in [1.29, 1.82) is 0 Å². The number of esters is 1. The number of amides is 2. The predicted octanol–water partition coefficient (Wildman–Crippen LogP) is 2.93. The molecule has 1 fully saturated rings. The first kappa shape index (κ1) is 21.0. The molecule has 2 amide bonds. The van der Waals surface area contributed by atoms with Gasteiger partial charge in [0, 0.05) is 13.1 Å². The number of furan rings is 1. The lowest BCUT2D eigenvalue weighted by molar-refractivity contribution is -0.149. The van der Waals surface area contributed by atoms with E-state index in [9.17, 15) is 14.4 Å². The zero-order chi connectivity index (χ0) is 22.0. The van der Waals surface area contributed by atoms with Crippen LogP contribution in [0.25, 0.3) is 0 Å². The van der Waals surface area contributed by atoms with Crippen molar-refractivity contribution in [2.24, 2.45) is 5.92 Å². The smallest absolute Gasteiger partial charge is 0.309 e. The third-order valence-corrected chi connectivity index (χ3v) is 5.65. The summed E-state index contributed by atoms with van der Waals surface area (Å²) in [7, 11) is 0. The topological polar surface area (TPSA) is 89.3 Å². The number of anilines is 1. The SMILES string of the molecule is CCOC(=O)C1CCN(C(=O)c2ccc(CN3C(=O)COc4ccc(C)cc43)o2)CC1. The normalized spacial score (nSPS) is 16.6. The van der Waals surface area contributed by atoms with Crippen molar-refractivity contribution < 1.29 is 28.3 Å². The maximum atomic E-state index is 12.8.